The maximum atomic E-state index is 13.0. The molecule has 0 aliphatic heterocycles. The number of esters is 3. The standard InChI is InChI=1S/C66H123O11P/c1-4-7-10-13-16-19-22-25-28-30-31-33-36-39-42-45-48-51-54-57-66(70)77-63(59-73-64(68)55-52-49-46-43-40-37-35-32-29-26-23-20-17-14-11-8-5-2)61-75-78(71,72)74-60-62(58-67)76-65(69)56-53-50-47-44-41-38-34-27-24-21-18-15-12-9-6-3/h16,19,25-26,28-29,62-63,67H,4-15,17-18,20-24,27,30-61H2,1-3H3,(H,71,72)/b19-16-,28-25-,29-26-. The summed E-state index contributed by atoms with van der Waals surface area (Å²) in [5, 5.41) is 9.85. The van der Waals surface area contributed by atoms with Gasteiger partial charge in [0.1, 0.15) is 12.7 Å². The molecule has 0 rings (SSSR count). The van der Waals surface area contributed by atoms with Gasteiger partial charge >= 0.3 is 25.7 Å². The third kappa shape index (κ3) is 58.4. The lowest BCUT2D eigenvalue weighted by molar-refractivity contribution is -0.161. The number of aliphatic hydroxyl groups excluding tert-OH is 1. The van der Waals surface area contributed by atoms with E-state index >= 15 is 0 Å². The molecule has 0 aromatic carbocycles. The molecule has 3 atom stereocenters. The Morgan fingerprint density at radius 2 is 0.628 bits per heavy atom. The second-order valence-electron chi connectivity index (χ2n) is 22.3. The summed E-state index contributed by atoms with van der Waals surface area (Å²) in [7, 11) is -4.75. The van der Waals surface area contributed by atoms with Gasteiger partial charge in [-0.3, -0.25) is 23.4 Å². The minimum atomic E-state index is -4.75. The number of phosphoric acid groups is 1. The highest BCUT2D eigenvalue weighted by Gasteiger charge is 2.28. The van der Waals surface area contributed by atoms with Crippen LogP contribution in [0.4, 0.5) is 0 Å². The van der Waals surface area contributed by atoms with Gasteiger partial charge < -0.3 is 24.2 Å². The number of unbranched alkanes of at least 4 members (excludes halogenated alkanes) is 39. The van der Waals surface area contributed by atoms with Crippen molar-refractivity contribution in [3.05, 3.63) is 36.5 Å². The van der Waals surface area contributed by atoms with E-state index in [1.54, 1.807) is 0 Å². The summed E-state index contributed by atoms with van der Waals surface area (Å²) in [5.74, 6) is -1.45. The maximum absolute atomic E-state index is 13.0. The van der Waals surface area contributed by atoms with E-state index in [9.17, 15) is 28.9 Å². The molecular weight excluding hydrogens is 1000 g/mol. The molecule has 0 bridgehead atoms. The summed E-state index contributed by atoms with van der Waals surface area (Å²) in [4.78, 5) is 48.8. The van der Waals surface area contributed by atoms with Gasteiger partial charge in [-0.1, -0.05) is 269 Å². The van der Waals surface area contributed by atoms with Gasteiger partial charge in [0, 0.05) is 19.3 Å². The molecule has 0 fully saturated rings. The largest absolute Gasteiger partial charge is 0.472 e. The van der Waals surface area contributed by atoms with Gasteiger partial charge in [-0.05, 0) is 77.0 Å². The Hall–Kier alpha value is -2.30. The van der Waals surface area contributed by atoms with Crippen LogP contribution in [0.25, 0.3) is 0 Å². The Kier molecular flexibility index (Phi) is 59.0. The third-order valence-corrected chi connectivity index (χ3v) is 15.5. The quantitative estimate of drug-likeness (QED) is 0.0197. The van der Waals surface area contributed by atoms with E-state index in [4.69, 9.17) is 23.3 Å². The van der Waals surface area contributed by atoms with Gasteiger partial charge in [-0.25, -0.2) is 4.57 Å². The van der Waals surface area contributed by atoms with Crippen LogP contribution in [0.3, 0.4) is 0 Å². The average molecular weight is 1120 g/mol. The number of rotatable bonds is 62. The Balaban J connectivity index is 4.68. The minimum absolute atomic E-state index is 0.165. The van der Waals surface area contributed by atoms with Crippen molar-refractivity contribution in [1.29, 1.82) is 0 Å². The number of allylic oxidation sites excluding steroid dienone is 6. The molecule has 0 amide bonds. The van der Waals surface area contributed by atoms with Crippen molar-refractivity contribution in [3.8, 4) is 0 Å². The smallest absolute Gasteiger partial charge is 0.462 e. The number of hydrogen-bond donors (Lipinski definition) is 2. The zero-order valence-corrected chi connectivity index (χ0v) is 51.8. The van der Waals surface area contributed by atoms with Crippen molar-refractivity contribution in [2.75, 3.05) is 26.4 Å². The number of phosphoric ester groups is 1. The molecule has 11 nitrogen and oxygen atoms in total. The van der Waals surface area contributed by atoms with Crippen LogP contribution in [0.1, 0.15) is 329 Å². The van der Waals surface area contributed by atoms with Crippen LogP contribution in [-0.2, 0) is 42.2 Å². The summed E-state index contributed by atoms with van der Waals surface area (Å²) >= 11 is 0. The van der Waals surface area contributed by atoms with Crippen LogP contribution in [-0.4, -0.2) is 66.5 Å². The van der Waals surface area contributed by atoms with Gasteiger partial charge in [-0.15, -0.1) is 0 Å². The molecule has 458 valence electrons. The van der Waals surface area contributed by atoms with Crippen LogP contribution in [0, 0.1) is 0 Å². The molecule has 0 radical (unpaired) electrons. The molecule has 0 aromatic heterocycles. The fourth-order valence-corrected chi connectivity index (χ4v) is 10.3. The molecule has 0 saturated heterocycles. The van der Waals surface area contributed by atoms with Crippen LogP contribution in [0.5, 0.6) is 0 Å². The predicted molar refractivity (Wildman–Crippen MR) is 326 cm³/mol. The molecule has 0 aromatic rings. The van der Waals surface area contributed by atoms with Crippen molar-refractivity contribution in [2.45, 2.75) is 341 Å². The Morgan fingerprint density at radius 3 is 0.987 bits per heavy atom. The van der Waals surface area contributed by atoms with Crippen LogP contribution in [0.15, 0.2) is 36.5 Å². The lowest BCUT2D eigenvalue weighted by Crippen LogP contribution is -2.30. The van der Waals surface area contributed by atoms with Gasteiger partial charge in [0.2, 0.25) is 0 Å². The van der Waals surface area contributed by atoms with Crippen LogP contribution in [0.2, 0.25) is 0 Å². The Morgan fingerprint density at radius 1 is 0.359 bits per heavy atom. The highest BCUT2D eigenvalue weighted by molar-refractivity contribution is 7.47. The second kappa shape index (κ2) is 60.8. The first-order valence-electron chi connectivity index (χ1n) is 32.9. The Bertz CT molecular complexity index is 1450. The lowest BCUT2D eigenvalue weighted by atomic mass is 10.0. The molecule has 0 heterocycles. The van der Waals surface area contributed by atoms with Crippen molar-refractivity contribution in [1.82, 2.24) is 0 Å². The van der Waals surface area contributed by atoms with E-state index in [1.165, 1.54) is 193 Å². The number of hydrogen-bond acceptors (Lipinski definition) is 10. The van der Waals surface area contributed by atoms with E-state index in [1.807, 2.05) is 0 Å². The summed E-state index contributed by atoms with van der Waals surface area (Å²) in [6.45, 7) is 4.68. The molecule has 0 spiro atoms. The maximum Gasteiger partial charge on any atom is 0.472 e. The lowest BCUT2D eigenvalue weighted by Gasteiger charge is -2.21. The number of ether oxygens (including phenoxy) is 3. The highest BCUT2D eigenvalue weighted by Crippen LogP contribution is 2.43. The minimum Gasteiger partial charge on any atom is -0.462 e. The summed E-state index contributed by atoms with van der Waals surface area (Å²) < 4.78 is 39.7. The Labute approximate surface area is 480 Å². The van der Waals surface area contributed by atoms with E-state index in [2.05, 4.69) is 57.2 Å². The summed E-state index contributed by atoms with van der Waals surface area (Å²) in [6.07, 6.45) is 65.1. The van der Waals surface area contributed by atoms with Gasteiger partial charge in [0.15, 0.2) is 6.10 Å². The van der Waals surface area contributed by atoms with Crippen molar-refractivity contribution in [2.24, 2.45) is 0 Å². The summed E-state index contributed by atoms with van der Waals surface area (Å²) in [6, 6.07) is 0. The third-order valence-electron chi connectivity index (χ3n) is 14.5. The second-order valence-corrected chi connectivity index (χ2v) is 23.7. The van der Waals surface area contributed by atoms with E-state index in [0.717, 1.165) is 77.0 Å². The van der Waals surface area contributed by atoms with Crippen molar-refractivity contribution in [3.63, 3.8) is 0 Å². The first kappa shape index (κ1) is 75.7. The molecule has 12 heteroatoms. The molecular formula is C66H123O11P. The van der Waals surface area contributed by atoms with Gasteiger partial charge in [0.25, 0.3) is 0 Å². The molecule has 2 N–H and O–H groups in total. The van der Waals surface area contributed by atoms with E-state index < -0.39 is 57.8 Å². The van der Waals surface area contributed by atoms with E-state index in [-0.39, 0.29) is 25.9 Å². The number of carbonyl (C=O) groups is 3. The zero-order chi connectivity index (χ0) is 56.9. The number of aliphatic hydroxyl groups is 1. The van der Waals surface area contributed by atoms with Crippen LogP contribution < -0.4 is 0 Å². The van der Waals surface area contributed by atoms with E-state index in [0.29, 0.717) is 19.3 Å². The number of carbonyl (C=O) groups excluding carboxylic acids is 3. The monoisotopic (exact) mass is 1120 g/mol. The fraction of sp³-hybridized carbons (Fsp3) is 0.864. The van der Waals surface area contributed by atoms with Gasteiger partial charge in [0.05, 0.1) is 19.8 Å². The fourth-order valence-electron chi connectivity index (χ4n) is 9.50. The zero-order valence-electron chi connectivity index (χ0n) is 50.9. The molecule has 0 saturated carbocycles. The predicted octanol–water partition coefficient (Wildman–Crippen LogP) is 19.9. The summed E-state index contributed by atoms with van der Waals surface area (Å²) in [5.41, 5.74) is 0. The molecule has 0 aliphatic carbocycles. The molecule has 3 unspecified atom stereocenters. The van der Waals surface area contributed by atoms with Gasteiger partial charge in [-0.2, -0.15) is 0 Å². The van der Waals surface area contributed by atoms with Crippen molar-refractivity contribution >= 4 is 25.7 Å². The van der Waals surface area contributed by atoms with Crippen LogP contribution >= 0.6 is 7.82 Å². The first-order valence-corrected chi connectivity index (χ1v) is 34.4. The van der Waals surface area contributed by atoms with Crippen molar-refractivity contribution < 1.29 is 52.2 Å². The average Bonchev–Trinajstić information content (AvgIpc) is 3.43. The molecule has 78 heavy (non-hydrogen) atoms. The SMILES string of the molecule is CCCCC/C=C\C/C=C\CCCCCCCCCCCC(=O)OC(COC(=O)CCCCCCCCC/C=C\CCCCCCCC)COP(=O)(O)OCC(CO)OC(=O)CCCCCCCCCCCCCCCCC. The molecule has 0 aliphatic rings. The highest BCUT2D eigenvalue weighted by atomic mass is 31.2. The topological polar surface area (TPSA) is 155 Å². The first-order chi connectivity index (χ1) is 38.2. The normalized spacial score (nSPS) is 13.4.